The number of hydrogen-bond donors (Lipinski definition) is 0. The smallest absolute Gasteiger partial charge is 0.110 e. The number of fused-ring (bicyclic) bond motifs is 3. The Hall–Kier alpha value is -0.860. The van der Waals surface area contributed by atoms with E-state index >= 15 is 0 Å². The highest BCUT2D eigenvalue weighted by atomic mass is 16.5. The van der Waals surface area contributed by atoms with E-state index in [2.05, 4.69) is 35.2 Å². The minimum Gasteiger partial charge on any atom is -0.363 e. The summed E-state index contributed by atoms with van der Waals surface area (Å²) >= 11 is 0. The molecule has 17 heavy (non-hydrogen) atoms. The van der Waals surface area contributed by atoms with Crippen LogP contribution in [-0.2, 0) is 11.2 Å². The van der Waals surface area contributed by atoms with E-state index in [1.54, 1.807) is 0 Å². The van der Waals surface area contributed by atoms with E-state index < -0.39 is 0 Å². The fraction of sp³-hybridized carbons (Fsp3) is 0.600. The molecular weight excluding hydrogens is 210 g/mol. The molecule has 3 aliphatic rings. The van der Waals surface area contributed by atoms with E-state index in [4.69, 9.17) is 4.74 Å². The quantitative estimate of drug-likeness (QED) is 0.790. The van der Waals surface area contributed by atoms with E-state index in [1.165, 1.54) is 37.9 Å². The maximum Gasteiger partial charge on any atom is 0.110 e. The summed E-state index contributed by atoms with van der Waals surface area (Å²) in [5.41, 5.74) is 1.38. The van der Waals surface area contributed by atoms with Gasteiger partial charge in [-0.05, 0) is 37.2 Å². The van der Waals surface area contributed by atoms with Gasteiger partial charge in [0, 0.05) is 13.1 Å². The number of ether oxygens (including phenoxy) is 1. The lowest BCUT2D eigenvalue weighted by Gasteiger charge is -2.44. The Bertz CT molecular complexity index is 343. The summed E-state index contributed by atoms with van der Waals surface area (Å²) in [5, 5.41) is 0. The molecule has 0 amide bonds. The zero-order valence-corrected chi connectivity index (χ0v) is 10.3. The van der Waals surface area contributed by atoms with Gasteiger partial charge in [0.05, 0.1) is 6.61 Å². The molecular formula is C15H21NO. The fourth-order valence-electron chi connectivity index (χ4n) is 3.04. The van der Waals surface area contributed by atoms with E-state index in [-0.39, 0.29) is 0 Å². The van der Waals surface area contributed by atoms with Crippen LogP contribution >= 0.6 is 0 Å². The molecule has 3 aliphatic heterocycles. The van der Waals surface area contributed by atoms with Gasteiger partial charge in [-0.15, -0.1) is 0 Å². The number of hydrogen-bond acceptors (Lipinski definition) is 2. The number of nitrogens with zero attached hydrogens (tertiary/aromatic N) is 1. The number of benzene rings is 1. The average Bonchev–Trinajstić information content (AvgIpc) is 2.41. The molecule has 1 unspecified atom stereocenters. The fourth-order valence-corrected chi connectivity index (χ4v) is 3.04. The first kappa shape index (κ1) is 11.2. The SMILES string of the molecule is c1ccc(CCOC2CC3CCN2CC3)cc1. The third kappa shape index (κ3) is 2.70. The molecule has 1 aromatic rings. The van der Waals surface area contributed by atoms with Gasteiger partial charge in [-0.1, -0.05) is 30.3 Å². The van der Waals surface area contributed by atoms with Crippen molar-refractivity contribution < 1.29 is 4.74 Å². The van der Waals surface area contributed by atoms with Gasteiger partial charge in [0.1, 0.15) is 6.23 Å². The molecule has 2 bridgehead atoms. The van der Waals surface area contributed by atoms with Gasteiger partial charge in [0.2, 0.25) is 0 Å². The van der Waals surface area contributed by atoms with Crippen molar-refractivity contribution in [1.29, 1.82) is 0 Å². The second-order valence-corrected chi connectivity index (χ2v) is 5.28. The van der Waals surface area contributed by atoms with E-state index in [1.807, 2.05) is 0 Å². The zero-order valence-electron chi connectivity index (χ0n) is 10.3. The van der Waals surface area contributed by atoms with Crippen LogP contribution < -0.4 is 0 Å². The van der Waals surface area contributed by atoms with E-state index in [0.29, 0.717) is 6.23 Å². The molecule has 4 rings (SSSR count). The van der Waals surface area contributed by atoms with Crippen LogP contribution in [0, 0.1) is 5.92 Å². The molecule has 3 heterocycles. The molecule has 0 radical (unpaired) electrons. The molecule has 3 fully saturated rings. The molecule has 0 aromatic heterocycles. The summed E-state index contributed by atoms with van der Waals surface area (Å²) in [6.45, 7) is 3.36. The summed E-state index contributed by atoms with van der Waals surface area (Å²) in [6, 6.07) is 10.6. The van der Waals surface area contributed by atoms with Crippen molar-refractivity contribution >= 4 is 0 Å². The summed E-state index contributed by atoms with van der Waals surface area (Å²) in [4.78, 5) is 2.52. The molecule has 1 atom stereocenters. The van der Waals surface area contributed by atoms with Gasteiger partial charge in [-0.3, -0.25) is 4.90 Å². The molecule has 0 N–H and O–H groups in total. The summed E-state index contributed by atoms with van der Waals surface area (Å²) < 4.78 is 6.05. The Balaban J connectivity index is 1.46. The highest BCUT2D eigenvalue weighted by molar-refractivity contribution is 5.14. The van der Waals surface area contributed by atoms with Crippen LogP contribution in [0.2, 0.25) is 0 Å². The summed E-state index contributed by atoms with van der Waals surface area (Å²) in [5.74, 6) is 0.932. The van der Waals surface area contributed by atoms with Crippen molar-refractivity contribution in [2.24, 2.45) is 5.92 Å². The van der Waals surface area contributed by atoms with Gasteiger partial charge in [-0.25, -0.2) is 0 Å². The Kier molecular flexibility index (Phi) is 3.44. The molecule has 3 saturated heterocycles. The Morgan fingerprint density at radius 2 is 1.88 bits per heavy atom. The van der Waals surface area contributed by atoms with Crippen molar-refractivity contribution in [2.45, 2.75) is 31.9 Å². The van der Waals surface area contributed by atoms with Crippen LogP contribution in [0.3, 0.4) is 0 Å². The van der Waals surface area contributed by atoms with Crippen molar-refractivity contribution in [3.05, 3.63) is 35.9 Å². The third-order valence-electron chi connectivity index (χ3n) is 4.14. The predicted octanol–water partition coefficient (Wildman–Crippen LogP) is 2.69. The van der Waals surface area contributed by atoms with Crippen LogP contribution in [0.15, 0.2) is 30.3 Å². The van der Waals surface area contributed by atoms with Gasteiger partial charge in [0.15, 0.2) is 0 Å². The van der Waals surface area contributed by atoms with Crippen molar-refractivity contribution in [3.63, 3.8) is 0 Å². The van der Waals surface area contributed by atoms with Gasteiger partial charge in [-0.2, -0.15) is 0 Å². The first-order valence-electron chi connectivity index (χ1n) is 6.81. The highest BCUT2D eigenvalue weighted by Gasteiger charge is 2.33. The van der Waals surface area contributed by atoms with Crippen LogP contribution in [-0.4, -0.2) is 30.8 Å². The van der Waals surface area contributed by atoms with Crippen LogP contribution in [0.25, 0.3) is 0 Å². The lowest BCUT2D eigenvalue weighted by atomic mass is 9.87. The Labute approximate surface area is 104 Å². The zero-order chi connectivity index (χ0) is 11.5. The molecule has 0 aliphatic carbocycles. The Morgan fingerprint density at radius 1 is 1.12 bits per heavy atom. The topological polar surface area (TPSA) is 12.5 Å². The first-order chi connectivity index (χ1) is 8.42. The maximum atomic E-state index is 6.05. The van der Waals surface area contributed by atoms with Gasteiger partial charge in [0.25, 0.3) is 0 Å². The largest absolute Gasteiger partial charge is 0.363 e. The number of rotatable bonds is 4. The van der Waals surface area contributed by atoms with Crippen molar-refractivity contribution in [1.82, 2.24) is 4.90 Å². The summed E-state index contributed by atoms with van der Waals surface area (Å²) in [7, 11) is 0. The minimum atomic E-state index is 0.409. The molecule has 0 saturated carbocycles. The minimum absolute atomic E-state index is 0.409. The normalized spacial score (nSPS) is 31.6. The second-order valence-electron chi connectivity index (χ2n) is 5.28. The van der Waals surface area contributed by atoms with Gasteiger partial charge >= 0.3 is 0 Å². The summed E-state index contributed by atoms with van der Waals surface area (Å²) in [6.07, 6.45) is 5.48. The van der Waals surface area contributed by atoms with Crippen LogP contribution in [0.1, 0.15) is 24.8 Å². The molecule has 2 nitrogen and oxygen atoms in total. The van der Waals surface area contributed by atoms with E-state index in [9.17, 15) is 0 Å². The van der Waals surface area contributed by atoms with Crippen LogP contribution in [0.5, 0.6) is 0 Å². The monoisotopic (exact) mass is 231 g/mol. The van der Waals surface area contributed by atoms with Crippen LogP contribution in [0.4, 0.5) is 0 Å². The molecule has 1 aromatic carbocycles. The third-order valence-corrected chi connectivity index (χ3v) is 4.14. The molecule has 92 valence electrons. The average molecular weight is 231 g/mol. The first-order valence-corrected chi connectivity index (χ1v) is 6.81. The van der Waals surface area contributed by atoms with Crippen molar-refractivity contribution in [3.8, 4) is 0 Å². The standard InChI is InChI=1S/C15H21NO/c1-2-4-13(5-3-1)8-11-17-15-12-14-6-9-16(15)10-7-14/h1-5,14-15H,6-12H2. The van der Waals surface area contributed by atoms with Gasteiger partial charge < -0.3 is 4.74 Å². The van der Waals surface area contributed by atoms with Crippen molar-refractivity contribution in [2.75, 3.05) is 19.7 Å². The molecule has 2 heteroatoms. The highest BCUT2D eigenvalue weighted by Crippen LogP contribution is 2.32. The lowest BCUT2D eigenvalue weighted by molar-refractivity contribution is -0.118. The lowest BCUT2D eigenvalue weighted by Crippen LogP contribution is -2.50. The van der Waals surface area contributed by atoms with E-state index in [0.717, 1.165) is 18.9 Å². The molecule has 0 spiro atoms. The Morgan fingerprint density at radius 3 is 2.53 bits per heavy atom. The predicted molar refractivity (Wildman–Crippen MR) is 68.8 cm³/mol. The maximum absolute atomic E-state index is 6.05. The second kappa shape index (κ2) is 5.19. The number of piperidine rings is 3.